The van der Waals surface area contributed by atoms with Gasteiger partial charge in [-0.3, -0.25) is 11.3 Å². The maximum absolute atomic E-state index is 5.21. The van der Waals surface area contributed by atoms with Crippen LogP contribution >= 0.6 is 0 Å². The molecule has 1 aromatic carbocycles. The number of hydrogen-bond acceptors (Lipinski definition) is 2. The van der Waals surface area contributed by atoms with Crippen molar-refractivity contribution in [3.63, 3.8) is 0 Å². The summed E-state index contributed by atoms with van der Waals surface area (Å²) in [6.07, 6.45) is 1.00. The number of nitrogens with one attached hydrogen (secondary N) is 1. The average Bonchev–Trinajstić information content (AvgIpc) is 2.08. The molecule has 0 amide bonds. The second-order valence-electron chi connectivity index (χ2n) is 3.06. The molecule has 0 saturated carbocycles. The first-order chi connectivity index (χ1) is 5.75. The normalized spacial score (nSPS) is 10.2. The molecule has 1 aromatic rings. The third-order valence-electron chi connectivity index (χ3n) is 2.26. The summed E-state index contributed by atoms with van der Waals surface area (Å²) in [6.45, 7) is 5.13. The number of nitrogens with two attached hydrogens (primary N) is 1. The Morgan fingerprint density at radius 3 is 2.75 bits per heavy atom. The molecule has 0 aliphatic carbocycles. The molecule has 0 fully saturated rings. The summed E-state index contributed by atoms with van der Waals surface area (Å²) in [6, 6.07) is 6.38. The summed E-state index contributed by atoms with van der Waals surface area (Å²) in [5.41, 5.74) is 6.78. The minimum Gasteiger partial charge on any atom is -0.271 e. The van der Waals surface area contributed by atoms with Crippen molar-refractivity contribution in [1.29, 1.82) is 0 Å². The third-order valence-corrected chi connectivity index (χ3v) is 2.26. The molecule has 0 heterocycles. The van der Waals surface area contributed by atoms with Gasteiger partial charge in [-0.05, 0) is 37.0 Å². The Hall–Kier alpha value is -0.860. The van der Waals surface area contributed by atoms with Crippen molar-refractivity contribution in [3.8, 4) is 0 Å². The molecule has 0 spiro atoms. The first kappa shape index (κ1) is 9.23. The van der Waals surface area contributed by atoms with Crippen molar-refractivity contribution in [1.82, 2.24) is 5.43 Å². The molecule has 1 rings (SSSR count). The van der Waals surface area contributed by atoms with Crippen molar-refractivity contribution >= 4 is 0 Å². The third kappa shape index (κ3) is 2.06. The van der Waals surface area contributed by atoms with Crippen LogP contribution in [0, 0.1) is 13.8 Å². The van der Waals surface area contributed by atoms with Crippen molar-refractivity contribution in [2.75, 3.05) is 6.54 Å². The monoisotopic (exact) mass is 164 g/mol. The van der Waals surface area contributed by atoms with Crippen molar-refractivity contribution in [2.24, 2.45) is 5.84 Å². The van der Waals surface area contributed by atoms with Crippen LogP contribution in [0.5, 0.6) is 0 Å². The minimum absolute atomic E-state index is 0.838. The van der Waals surface area contributed by atoms with E-state index >= 15 is 0 Å². The van der Waals surface area contributed by atoms with E-state index in [1.165, 1.54) is 16.7 Å². The van der Waals surface area contributed by atoms with Gasteiger partial charge in [0.05, 0.1) is 0 Å². The van der Waals surface area contributed by atoms with Crippen LogP contribution in [0.2, 0.25) is 0 Å². The summed E-state index contributed by atoms with van der Waals surface area (Å²) in [5.74, 6) is 5.21. The molecule has 0 aliphatic rings. The van der Waals surface area contributed by atoms with Crippen molar-refractivity contribution in [3.05, 3.63) is 34.9 Å². The van der Waals surface area contributed by atoms with Gasteiger partial charge in [-0.2, -0.15) is 0 Å². The first-order valence-corrected chi connectivity index (χ1v) is 4.24. The maximum Gasteiger partial charge on any atom is 0.0138 e. The Labute approximate surface area is 73.8 Å². The second-order valence-corrected chi connectivity index (χ2v) is 3.06. The molecule has 3 N–H and O–H groups in total. The van der Waals surface area contributed by atoms with Crippen LogP contribution in [0.3, 0.4) is 0 Å². The van der Waals surface area contributed by atoms with Crippen molar-refractivity contribution < 1.29 is 0 Å². The zero-order chi connectivity index (χ0) is 8.97. The molecular formula is C10H16N2. The number of hydrogen-bond donors (Lipinski definition) is 2. The van der Waals surface area contributed by atoms with Crippen LogP contribution in [0.15, 0.2) is 18.2 Å². The number of hydrazine groups is 1. The lowest BCUT2D eigenvalue weighted by atomic mass is 10.0. The lowest BCUT2D eigenvalue weighted by Gasteiger charge is -2.07. The van der Waals surface area contributed by atoms with Crippen LogP contribution < -0.4 is 11.3 Å². The fraction of sp³-hybridized carbons (Fsp3) is 0.400. The first-order valence-electron chi connectivity index (χ1n) is 4.24. The largest absolute Gasteiger partial charge is 0.271 e. The van der Waals surface area contributed by atoms with Gasteiger partial charge in [0, 0.05) is 6.54 Å². The van der Waals surface area contributed by atoms with Crippen LogP contribution in [0.25, 0.3) is 0 Å². The molecule has 0 atom stereocenters. The molecule has 0 radical (unpaired) electrons. The Morgan fingerprint density at radius 2 is 2.08 bits per heavy atom. The van der Waals surface area contributed by atoms with E-state index in [1.807, 2.05) is 0 Å². The van der Waals surface area contributed by atoms with E-state index in [-0.39, 0.29) is 0 Å². The number of aryl methyl sites for hydroxylation is 1. The Morgan fingerprint density at radius 1 is 1.33 bits per heavy atom. The fourth-order valence-corrected chi connectivity index (χ4v) is 1.29. The predicted molar refractivity (Wildman–Crippen MR) is 51.8 cm³/mol. The standard InChI is InChI=1S/C10H16N2/c1-8-4-3-5-10(9(8)2)6-7-12-11/h3-5,12H,6-7,11H2,1-2H3. The molecule has 2 heteroatoms. The van der Waals surface area contributed by atoms with Gasteiger partial charge < -0.3 is 0 Å². The summed E-state index contributed by atoms with van der Waals surface area (Å²) in [5, 5.41) is 0. The smallest absolute Gasteiger partial charge is 0.0138 e. The topological polar surface area (TPSA) is 38.0 Å². The van der Waals surface area contributed by atoms with Gasteiger partial charge in [0.2, 0.25) is 0 Å². The number of benzene rings is 1. The van der Waals surface area contributed by atoms with E-state index in [0.29, 0.717) is 0 Å². The van der Waals surface area contributed by atoms with E-state index in [1.54, 1.807) is 0 Å². The van der Waals surface area contributed by atoms with Crippen LogP contribution in [-0.2, 0) is 6.42 Å². The molecule has 0 aromatic heterocycles. The highest BCUT2D eigenvalue weighted by atomic mass is 15.2. The van der Waals surface area contributed by atoms with Crippen LogP contribution in [0.1, 0.15) is 16.7 Å². The molecule has 2 nitrogen and oxygen atoms in total. The SMILES string of the molecule is Cc1cccc(CCNN)c1C. The Kier molecular flexibility index (Phi) is 3.26. The van der Waals surface area contributed by atoms with Gasteiger partial charge in [-0.1, -0.05) is 18.2 Å². The van der Waals surface area contributed by atoms with Crippen molar-refractivity contribution in [2.45, 2.75) is 20.3 Å². The minimum atomic E-state index is 0.838. The summed E-state index contributed by atoms with van der Waals surface area (Å²) >= 11 is 0. The summed E-state index contributed by atoms with van der Waals surface area (Å²) in [4.78, 5) is 0. The molecule has 0 unspecified atom stereocenters. The van der Waals surface area contributed by atoms with E-state index in [0.717, 1.165) is 13.0 Å². The summed E-state index contributed by atoms with van der Waals surface area (Å²) < 4.78 is 0. The highest BCUT2D eigenvalue weighted by Gasteiger charge is 1.98. The zero-order valence-corrected chi connectivity index (χ0v) is 7.72. The van der Waals surface area contributed by atoms with Gasteiger partial charge in [0.1, 0.15) is 0 Å². The molecule has 0 bridgehead atoms. The molecule has 12 heavy (non-hydrogen) atoms. The Balaban J connectivity index is 2.78. The summed E-state index contributed by atoms with van der Waals surface area (Å²) in [7, 11) is 0. The zero-order valence-electron chi connectivity index (χ0n) is 7.72. The van der Waals surface area contributed by atoms with Gasteiger partial charge in [0.25, 0.3) is 0 Å². The van der Waals surface area contributed by atoms with E-state index in [4.69, 9.17) is 5.84 Å². The molecule has 0 saturated heterocycles. The fourth-order valence-electron chi connectivity index (χ4n) is 1.29. The molecule has 0 aliphatic heterocycles. The van der Waals surface area contributed by atoms with E-state index in [2.05, 4.69) is 37.5 Å². The van der Waals surface area contributed by atoms with E-state index < -0.39 is 0 Å². The highest BCUT2D eigenvalue weighted by Crippen LogP contribution is 2.12. The predicted octanol–water partition coefficient (Wildman–Crippen LogP) is 1.31. The van der Waals surface area contributed by atoms with Gasteiger partial charge in [0.15, 0.2) is 0 Å². The van der Waals surface area contributed by atoms with Gasteiger partial charge in [-0.15, -0.1) is 0 Å². The average molecular weight is 164 g/mol. The lowest BCUT2D eigenvalue weighted by Crippen LogP contribution is -2.24. The van der Waals surface area contributed by atoms with Crippen LogP contribution in [-0.4, -0.2) is 6.54 Å². The second kappa shape index (κ2) is 4.24. The lowest BCUT2D eigenvalue weighted by molar-refractivity contribution is 0.726. The molecular weight excluding hydrogens is 148 g/mol. The quantitative estimate of drug-likeness (QED) is 0.522. The van der Waals surface area contributed by atoms with Gasteiger partial charge in [-0.25, -0.2) is 0 Å². The highest BCUT2D eigenvalue weighted by molar-refractivity contribution is 5.33. The van der Waals surface area contributed by atoms with Gasteiger partial charge >= 0.3 is 0 Å². The maximum atomic E-state index is 5.21. The molecule has 66 valence electrons. The van der Waals surface area contributed by atoms with Crippen LogP contribution in [0.4, 0.5) is 0 Å². The Bertz CT molecular complexity index is 256. The van der Waals surface area contributed by atoms with E-state index in [9.17, 15) is 0 Å². The number of rotatable bonds is 3.